The molecule has 5 nitrogen and oxygen atoms in total. The van der Waals surface area contributed by atoms with Gasteiger partial charge < -0.3 is 10.1 Å². The molecule has 0 bridgehead atoms. The molecular formula is C24H32N4OS. The highest BCUT2D eigenvalue weighted by atomic mass is 32.2. The Balaban J connectivity index is 1.97. The normalized spacial score (nSPS) is 13.3. The van der Waals surface area contributed by atoms with Gasteiger partial charge in [-0.05, 0) is 68.5 Å². The van der Waals surface area contributed by atoms with Gasteiger partial charge in [-0.3, -0.25) is 0 Å². The molecule has 1 aliphatic carbocycles. The number of aryl methyl sites for hydroxylation is 2. The first-order valence-electron chi connectivity index (χ1n) is 10.9. The topological polar surface area (TPSA) is 51.5 Å². The second-order valence-corrected chi connectivity index (χ2v) is 8.93. The molecule has 1 aliphatic rings. The van der Waals surface area contributed by atoms with E-state index < -0.39 is 0 Å². The maximum atomic E-state index is 5.43. The van der Waals surface area contributed by atoms with Gasteiger partial charge in [-0.2, -0.15) is 21.4 Å². The van der Waals surface area contributed by atoms with Crippen LogP contribution in [-0.4, -0.2) is 34.0 Å². The Morgan fingerprint density at radius 3 is 2.70 bits per heavy atom. The smallest absolute Gasteiger partial charge is 0.165 e. The summed E-state index contributed by atoms with van der Waals surface area (Å²) in [5.74, 6) is 2.89. The SMILES string of the molecule is CCC(CC)Nc1c2c(nc3c(-c4ccc(OC)cc4C)c(CSC)nn13)CCC2. The summed E-state index contributed by atoms with van der Waals surface area (Å²) >= 11 is 1.80. The summed E-state index contributed by atoms with van der Waals surface area (Å²) in [6.07, 6.45) is 7.62. The van der Waals surface area contributed by atoms with Gasteiger partial charge in [0.15, 0.2) is 5.65 Å². The number of hydrogen-bond donors (Lipinski definition) is 1. The molecule has 1 aromatic carbocycles. The van der Waals surface area contributed by atoms with Crippen LogP contribution >= 0.6 is 11.8 Å². The number of fused-ring (bicyclic) bond motifs is 2. The second-order valence-electron chi connectivity index (χ2n) is 8.07. The Kier molecular flexibility index (Phi) is 6.23. The summed E-state index contributed by atoms with van der Waals surface area (Å²) in [4.78, 5) is 5.16. The number of nitrogens with zero attached hydrogens (tertiary/aromatic N) is 3. The predicted octanol–water partition coefficient (Wildman–Crippen LogP) is 5.67. The van der Waals surface area contributed by atoms with E-state index in [9.17, 15) is 0 Å². The molecule has 0 unspecified atom stereocenters. The molecule has 0 atom stereocenters. The number of anilines is 1. The fourth-order valence-electron chi connectivity index (χ4n) is 4.47. The molecule has 2 aromatic heterocycles. The van der Waals surface area contributed by atoms with Gasteiger partial charge >= 0.3 is 0 Å². The van der Waals surface area contributed by atoms with E-state index in [1.807, 2.05) is 6.07 Å². The van der Waals surface area contributed by atoms with E-state index in [2.05, 4.69) is 49.0 Å². The lowest BCUT2D eigenvalue weighted by atomic mass is 10.0. The van der Waals surface area contributed by atoms with Gasteiger partial charge in [0.1, 0.15) is 11.6 Å². The van der Waals surface area contributed by atoms with Crippen LogP contribution in [0.3, 0.4) is 0 Å². The minimum absolute atomic E-state index is 0.444. The molecular weight excluding hydrogens is 392 g/mol. The molecule has 4 rings (SSSR count). The molecule has 0 radical (unpaired) electrons. The first-order valence-corrected chi connectivity index (χ1v) is 12.3. The van der Waals surface area contributed by atoms with Crippen LogP contribution in [0.1, 0.15) is 55.6 Å². The van der Waals surface area contributed by atoms with E-state index >= 15 is 0 Å². The lowest BCUT2D eigenvalue weighted by molar-refractivity contribution is 0.414. The van der Waals surface area contributed by atoms with Crippen LogP contribution in [0.15, 0.2) is 18.2 Å². The van der Waals surface area contributed by atoms with Gasteiger partial charge in [0, 0.05) is 23.1 Å². The van der Waals surface area contributed by atoms with Gasteiger partial charge in [-0.25, -0.2) is 4.98 Å². The number of thioether (sulfide) groups is 1. The Morgan fingerprint density at radius 1 is 1.23 bits per heavy atom. The third-order valence-corrected chi connectivity index (χ3v) is 6.73. The number of aromatic nitrogens is 3. The molecule has 0 spiro atoms. The summed E-state index contributed by atoms with van der Waals surface area (Å²) in [5.41, 5.74) is 8.19. The largest absolute Gasteiger partial charge is 0.497 e. The van der Waals surface area contributed by atoms with Crippen molar-refractivity contribution >= 4 is 23.2 Å². The predicted molar refractivity (Wildman–Crippen MR) is 127 cm³/mol. The number of benzene rings is 1. The quantitative estimate of drug-likeness (QED) is 0.505. The van der Waals surface area contributed by atoms with Crippen LogP contribution in [0.5, 0.6) is 5.75 Å². The molecule has 0 saturated heterocycles. The van der Waals surface area contributed by atoms with Crippen molar-refractivity contribution in [1.29, 1.82) is 0 Å². The summed E-state index contributed by atoms with van der Waals surface area (Å²) < 4.78 is 7.52. The molecule has 6 heteroatoms. The van der Waals surface area contributed by atoms with Crippen molar-refractivity contribution in [3.05, 3.63) is 40.7 Å². The van der Waals surface area contributed by atoms with Crippen molar-refractivity contribution in [3.63, 3.8) is 0 Å². The van der Waals surface area contributed by atoms with Gasteiger partial charge in [0.05, 0.1) is 18.4 Å². The molecule has 0 aliphatic heterocycles. The summed E-state index contributed by atoms with van der Waals surface area (Å²) in [5, 5.41) is 8.92. The van der Waals surface area contributed by atoms with Crippen molar-refractivity contribution in [1.82, 2.24) is 14.6 Å². The third-order valence-electron chi connectivity index (χ3n) is 6.17. The van der Waals surface area contributed by atoms with Crippen LogP contribution in [0.25, 0.3) is 16.8 Å². The molecule has 2 heterocycles. The van der Waals surface area contributed by atoms with E-state index in [-0.39, 0.29) is 0 Å². The number of ether oxygens (including phenoxy) is 1. The third kappa shape index (κ3) is 3.66. The lowest BCUT2D eigenvalue weighted by Gasteiger charge is -2.20. The summed E-state index contributed by atoms with van der Waals surface area (Å²) in [7, 11) is 1.71. The van der Waals surface area contributed by atoms with Crippen molar-refractivity contribution in [3.8, 4) is 16.9 Å². The van der Waals surface area contributed by atoms with Crippen LogP contribution in [-0.2, 0) is 18.6 Å². The maximum absolute atomic E-state index is 5.43. The van der Waals surface area contributed by atoms with Crippen molar-refractivity contribution < 1.29 is 4.74 Å². The second kappa shape index (κ2) is 8.88. The van der Waals surface area contributed by atoms with E-state index in [4.69, 9.17) is 14.8 Å². The highest BCUT2D eigenvalue weighted by Gasteiger charge is 2.26. The molecule has 30 heavy (non-hydrogen) atoms. The molecule has 160 valence electrons. The number of nitrogens with one attached hydrogen (secondary N) is 1. The van der Waals surface area contributed by atoms with E-state index in [1.54, 1.807) is 18.9 Å². The monoisotopic (exact) mass is 424 g/mol. The number of hydrogen-bond acceptors (Lipinski definition) is 5. The van der Waals surface area contributed by atoms with Crippen molar-refractivity contribution in [2.24, 2.45) is 0 Å². The minimum Gasteiger partial charge on any atom is -0.497 e. The fraction of sp³-hybridized carbons (Fsp3) is 0.500. The Labute approximate surface area is 183 Å². The Hall–Kier alpha value is -2.21. The Morgan fingerprint density at radius 2 is 2.03 bits per heavy atom. The fourth-order valence-corrected chi connectivity index (χ4v) is 4.94. The molecule has 0 fully saturated rings. The van der Waals surface area contributed by atoms with Crippen molar-refractivity contribution in [2.75, 3.05) is 18.7 Å². The highest BCUT2D eigenvalue weighted by Crippen LogP contribution is 2.38. The zero-order valence-electron chi connectivity index (χ0n) is 18.7. The number of rotatable bonds is 8. The van der Waals surface area contributed by atoms with Gasteiger partial charge in [-0.15, -0.1) is 0 Å². The summed E-state index contributed by atoms with van der Waals surface area (Å²) in [6, 6.07) is 6.72. The average molecular weight is 425 g/mol. The molecule has 0 amide bonds. The zero-order valence-corrected chi connectivity index (χ0v) is 19.5. The first-order chi connectivity index (χ1) is 14.6. The van der Waals surface area contributed by atoms with Crippen LogP contribution in [0.4, 0.5) is 5.82 Å². The van der Waals surface area contributed by atoms with Crippen LogP contribution in [0, 0.1) is 6.92 Å². The van der Waals surface area contributed by atoms with Gasteiger partial charge in [-0.1, -0.05) is 19.9 Å². The van der Waals surface area contributed by atoms with Crippen LogP contribution < -0.4 is 10.1 Å². The van der Waals surface area contributed by atoms with E-state index in [0.29, 0.717) is 6.04 Å². The van der Waals surface area contributed by atoms with E-state index in [0.717, 1.165) is 59.9 Å². The first kappa shape index (κ1) is 21.0. The Bertz CT molecular complexity index is 1060. The molecule has 3 aromatic rings. The maximum Gasteiger partial charge on any atom is 0.165 e. The van der Waals surface area contributed by atoms with Gasteiger partial charge in [0.2, 0.25) is 0 Å². The van der Waals surface area contributed by atoms with Crippen LogP contribution in [0.2, 0.25) is 0 Å². The van der Waals surface area contributed by atoms with Gasteiger partial charge in [0.25, 0.3) is 0 Å². The zero-order chi connectivity index (χ0) is 21.3. The van der Waals surface area contributed by atoms with Crippen molar-refractivity contribution in [2.45, 2.75) is 64.7 Å². The molecule has 0 saturated carbocycles. The highest BCUT2D eigenvalue weighted by molar-refractivity contribution is 7.97. The lowest BCUT2D eigenvalue weighted by Crippen LogP contribution is -2.21. The molecule has 1 N–H and O–H groups in total. The standard InChI is InChI=1S/C24H32N4OS/c1-6-16(7-2)25-23-19-9-8-10-20(19)26-24-22(21(14-30-5)27-28(23)24)18-12-11-17(29-4)13-15(18)3/h11-13,16,25H,6-10,14H2,1-5H3. The summed E-state index contributed by atoms with van der Waals surface area (Å²) in [6.45, 7) is 6.63. The van der Waals surface area contributed by atoms with E-state index in [1.165, 1.54) is 28.8 Å². The number of methoxy groups -OCH3 is 1. The minimum atomic E-state index is 0.444. The average Bonchev–Trinajstić information content (AvgIpc) is 3.36.